The van der Waals surface area contributed by atoms with E-state index in [1.165, 1.54) is 6.07 Å². The van der Waals surface area contributed by atoms with E-state index >= 15 is 0 Å². The monoisotopic (exact) mass is 283 g/mol. The van der Waals surface area contributed by atoms with E-state index in [2.05, 4.69) is 5.32 Å². The van der Waals surface area contributed by atoms with Crippen LogP contribution in [-0.2, 0) is 4.79 Å². The van der Waals surface area contributed by atoms with Crippen LogP contribution in [0.1, 0.15) is 20.3 Å². The summed E-state index contributed by atoms with van der Waals surface area (Å²) >= 11 is 0. The van der Waals surface area contributed by atoms with Crippen LogP contribution in [0.2, 0.25) is 0 Å². The lowest BCUT2D eigenvalue weighted by Gasteiger charge is -2.18. The van der Waals surface area contributed by atoms with Gasteiger partial charge in [-0.2, -0.15) is 0 Å². The second kappa shape index (κ2) is 7.42. The number of nitro groups is 1. The lowest BCUT2D eigenvalue weighted by atomic mass is 10.2. The molecule has 0 aromatic heterocycles. The van der Waals surface area contributed by atoms with Gasteiger partial charge in [-0.15, -0.1) is 0 Å². The van der Waals surface area contributed by atoms with Crippen molar-refractivity contribution < 1.29 is 14.1 Å². The smallest absolute Gasteiger partial charge is 0.274 e. The molecule has 1 amide bonds. The third kappa shape index (κ3) is 4.49. The van der Waals surface area contributed by atoms with E-state index in [-0.39, 0.29) is 18.0 Å². The normalized spacial score (nSPS) is 10.2. The molecule has 0 spiro atoms. The molecule has 20 heavy (non-hydrogen) atoms. The minimum Gasteiger partial charge on any atom is -0.384 e. The van der Waals surface area contributed by atoms with Crippen molar-refractivity contribution in [2.24, 2.45) is 0 Å². The Hall–Kier alpha value is -2.18. The average Bonchev–Trinajstić information content (AvgIpc) is 2.39. The number of carbonyl (C=O) groups is 1. The van der Waals surface area contributed by atoms with Crippen LogP contribution in [0.4, 0.5) is 15.8 Å². The summed E-state index contributed by atoms with van der Waals surface area (Å²) in [4.78, 5) is 23.4. The molecule has 0 heterocycles. The van der Waals surface area contributed by atoms with Gasteiger partial charge in [0.25, 0.3) is 5.69 Å². The van der Waals surface area contributed by atoms with Crippen molar-refractivity contribution in [3.05, 3.63) is 34.1 Å². The Labute approximate surface area is 116 Å². The lowest BCUT2D eigenvalue weighted by molar-refractivity contribution is -0.385. The predicted octanol–water partition coefficient (Wildman–Crippen LogP) is 2.40. The number of hydrogen-bond donors (Lipinski definition) is 1. The Morgan fingerprint density at radius 3 is 2.55 bits per heavy atom. The van der Waals surface area contributed by atoms with Crippen LogP contribution in [-0.4, -0.2) is 35.4 Å². The fourth-order valence-corrected chi connectivity index (χ4v) is 1.83. The van der Waals surface area contributed by atoms with Crippen molar-refractivity contribution in [2.45, 2.75) is 20.3 Å². The minimum atomic E-state index is -0.684. The van der Waals surface area contributed by atoms with Crippen molar-refractivity contribution in [3.8, 4) is 0 Å². The zero-order valence-electron chi connectivity index (χ0n) is 11.6. The van der Waals surface area contributed by atoms with Crippen LogP contribution < -0.4 is 5.32 Å². The zero-order valence-corrected chi connectivity index (χ0v) is 11.6. The molecule has 0 unspecified atom stereocenters. The van der Waals surface area contributed by atoms with Gasteiger partial charge in [-0.3, -0.25) is 14.9 Å². The molecule has 6 nitrogen and oxygen atoms in total. The summed E-state index contributed by atoms with van der Waals surface area (Å²) in [6.45, 7) is 5.37. The van der Waals surface area contributed by atoms with Crippen LogP contribution >= 0.6 is 0 Å². The first kappa shape index (κ1) is 15.9. The van der Waals surface area contributed by atoms with E-state index in [0.29, 0.717) is 25.3 Å². The van der Waals surface area contributed by atoms with E-state index in [1.54, 1.807) is 4.90 Å². The number of rotatable bonds is 7. The molecular formula is C13H18FN3O3. The quantitative estimate of drug-likeness (QED) is 0.616. The number of nitrogens with one attached hydrogen (secondary N) is 1. The van der Waals surface area contributed by atoms with Gasteiger partial charge in [0, 0.05) is 37.8 Å². The molecule has 1 aromatic rings. The second-order valence-electron chi connectivity index (χ2n) is 4.20. The standard InChI is InChI=1S/C13H18FN3O3/c1-3-16(4-2)13(18)5-6-15-11-7-10(14)8-12(9-11)17(19)20/h7-9,15H,3-6H2,1-2H3. The molecule has 7 heteroatoms. The maximum Gasteiger partial charge on any atom is 0.274 e. The van der Waals surface area contributed by atoms with Crippen molar-refractivity contribution in [1.29, 1.82) is 0 Å². The molecule has 1 N–H and O–H groups in total. The minimum absolute atomic E-state index is 0.00611. The molecule has 0 saturated heterocycles. The van der Waals surface area contributed by atoms with Gasteiger partial charge in [-0.05, 0) is 19.9 Å². The Balaban J connectivity index is 2.58. The molecule has 0 saturated carbocycles. The Morgan fingerprint density at radius 2 is 2.00 bits per heavy atom. The summed E-state index contributed by atoms with van der Waals surface area (Å²) in [6, 6.07) is 3.26. The van der Waals surface area contributed by atoms with Crippen molar-refractivity contribution in [2.75, 3.05) is 25.0 Å². The van der Waals surface area contributed by atoms with E-state index < -0.39 is 10.7 Å². The fourth-order valence-electron chi connectivity index (χ4n) is 1.83. The Bertz CT molecular complexity index is 490. The first-order chi connectivity index (χ1) is 9.47. The SMILES string of the molecule is CCN(CC)C(=O)CCNc1cc(F)cc([N+](=O)[O-])c1. The summed E-state index contributed by atoms with van der Waals surface area (Å²) < 4.78 is 13.2. The predicted molar refractivity (Wildman–Crippen MR) is 74.1 cm³/mol. The molecule has 1 aromatic carbocycles. The van der Waals surface area contributed by atoms with Gasteiger partial charge < -0.3 is 10.2 Å². The Morgan fingerprint density at radius 1 is 1.35 bits per heavy atom. The number of benzene rings is 1. The third-order valence-corrected chi connectivity index (χ3v) is 2.88. The molecule has 0 aliphatic rings. The van der Waals surface area contributed by atoms with E-state index in [9.17, 15) is 19.3 Å². The van der Waals surface area contributed by atoms with Crippen LogP contribution in [0.25, 0.3) is 0 Å². The highest BCUT2D eigenvalue weighted by molar-refractivity contribution is 5.76. The average molecular weight is 283 g/mol. The number of amides is 1. The highest BCUT2D eigenvalue weighted by Gasteiger charge is 2.11. The molecule has 0 radical (unpaired) electrons. The Kier molecular flexibility index (Phi) is 5.89. The molecule has 0 atom stereocenters. The molecule has 110 valence electrons. The number of non-ortho nitro benzene ring substituents is 1. The number of hydrogen-bond acceptors (Lipinski definition) is 4. The van der Waals surface area contributed by atoms with Gasteiger partial charge >= 0.3 is 0 Å². The number of nitrogens with zero attached hydrogens (tertiary/aromatic N) is 2. The molecular weight excluding hydrogens is 265 g/mol. The first-order valence-corrected chi connectivity index (χ1v) is 6.44. The molecule has 0 aliphatic carbocycles. The number of halogens is 1. The summed E-state index contributed by atoms with van der Waals surface area (Å²) in [7, 11) is 0. The summed E-state index contributed by atoms with van der Waals surface area (Å²) in [6.07, 6.45) is 0.256. The van der Waals surface area contributed by atoms with E-state index in [1.807, 2.05) is 13.8 Å². The molecule has 1 rings (SSSR count). The van der Waals surface area contributed by atoms with E-state index in [0.717, 1.165) is 12.1 Å². The summed E-state index contributed by atoms with van der Waals surface area (Å²) in [5.74, 6) is -0.690. The topological polar surface area (TPSA) is 75.5 Å². The number of nitro benzene ring substituents is 1. The highest BCUT2D eigenvalue weighted by Crippen LogP contribution is 2.19. The number of anilines is 1. The van der Waals surface area contributed by atoms with Crippen LogP contribution in [0, 0.1) is 15.9 Å². The second-order valence-corrected chi connectivity index (χ2v) is 4.20. The van der Waals surface area contributed by atoms with Crippen LogP contribution in [0.3, 0.4) is 0 Å². The van der Waals surface area contributed by atoms with Gasteiger partial charge in [-0.25, -0.2) is 4.39 Å². The van der Waals surface area contributed by atoms with E-state index in [4.69, 9.17) is 0 Å². The molecule has 0 fully saturated rings. The molecule has 0 aliphatic heterocycles. The maximum atomic E-state index is 13.2. The highest BCUT2D eigenvalue weighted by atomic mass is 19.1. The number of carbonyl (C=O) groups excluding carboxylic acids is 1. The van der Waals surface area contributed by atoms with Gasteiger partial charge in [0.05, 0.1) is 11.0 Å². The first-order valence-electron chi connectivity index (χ1n) is 6.44. The van der Waals surface area contributed by atoms with Crippen molar-refractivity contribution in [1.82, 2.24) is 4.90 Å². The van der Waals surface area contributed by atoms with Gasteiger partial charge in [0.2, 0.25) is 5.91 Å². The lowest BCUT2D eigenvalue weighted by Crippen LogP contribution is -2.31. The largest absolute Gasteiger partial charge is 0.384 e. The van der Waals surface area contributed by atoms with Gasteiger partial charge in [-0.1, -0.05) is 0 Å². The van der Waals surface area contributed by atoms with Crippen molar-refractivity contribution >= 4 is 17.3 Å². The fraction of sp³-hybridized carbons (Fsp3) is 0.462. The van der Waals surface area contributed by atoms with Crippen molar-refractivity contribution in [3.63, 3.8) is 0 Å². The maximum absolute atomic E-state index is 13.2. The summed E-state index contributed by atoms with van der Waals surface area (Å²) in [5, 5.41) is 13.4. The van der Waals surface area contributed by atoms with Crippen LogP contribution in [0.15, 0.2) is 18.2 Å². The van der Waals surface area contributed by atoms with Gasteiger partial charge in [0.15, 0.2) is 0 Å². The summed E-state index contributed by atoms with van der Waals surface area (Å²) in [5.41, 5.74) is -0.0217. The third-order valence-electron chi connectivity index (χ3n) is 2.88. The van der Waals surface area contributed by atoms with Crippen LogP contribution in [0.5, 0.6) is 0 Å². The van der Waals surface area contributed by atoms with Gasteiger partial charge in [0.1, 0.15) is 5.82 Å². The zero-order chi connectivity index (χ0) is 15.1. The molecule has 0 bridgehead atoms.